The van der Waals surface area contributed by atoms with Crippen LogP contribution < -0.4 is 4.74 Å². The number of carbonyl (C=O) groups excluding carboxylic acids is 2. The first-order chi connectivity index (χ1) is 15.6. The predicted octanol–water partition coefficient (Wildman–Crippen LogP) is 5.68. The van der Waals surface area contributed by atoms with Gasteiger partial charge in [-0.1, -0.05) is 52.4 Å². The largest absolute Gasteiger partial charge is 0.450 e. The van der Waals surface area contributed by atoms with Gasteiger partial charge in [-0.2, -0.15) is 0 Å². The number of hydrogen-bond donors (Lipinski definition) is 0. The summed E-state index contributed by atoms with van der Waals surface area (Å²) >= 11 is 0. The Hall–Kier alpha value is -2.76. The number of carbonyl (C=O) groups is 2. The molecule has 6 heteroatoms. The summed E-state index contributed by atoms with van der Waals surface area (Å²) in [5.41, 5.74) is 2.01. The van der Waals surface area contributed by atoms with Crippen LogP contribution in [0, 0.1) is 5.92 Å². The number of rotatable bonds is 12. The molecule has 3 rings (SSSR count). The molecule has 0 N–H and O–H groups in total. The van der Waals surface area contributed by atoms with Crippen LogP contribution in [-0.2, 0) is 20.7 Å². The van der Waals surface area contributed by atoms with E-state index in [1.54, 1.807) is 12.1 Å². The van der Waals surface area contributed by atoms with E-state index in [1.165, 1.54) is 38.5 Å². The summed E-state index contributed by atoms with van der Waals surface area (Å²) < 4.78 is 10.6. The summed E-state index contributed by atoms with van der Waals surface area (Å²) in [6.45, 7) is 4.24. The van der Waals surface area contributed by atoms with Gasteiger partial charge in [-0.3, -0.25) is 4.79 Å². The second kappa shape index (κ2) is 12.3. The topological polar surface area (TPSA) is 78.4 Å². The van der Waals surface area contributed by atoms with Crippen LogP contribution in [0.5, 0.6) is 5.75 Å². The Kier molecular flexibility index (Phi) is 9.20. The van der Waals surface area contributed by atoms with E-state index >= 15 is 0 Å². The zero-order valence-corrected chi connectivity index (χ0v) is 19.2. The number of cyclic esters (lactones) is 1. The number of ether oxygens (including phenoxy) is 2. The molecule has 2 aromatic rings. The van der Waals surface area contributed by atoms with E-state index in [2.05, 4.69) is 16.9 Å². The minimum atomic E-state index is -0.818. The molecule has 1 aliphatic heterocycles. The molecule has 1 aromatic carbocycles. The number of unbranched alkanes of at least 4 members (excludes halogenated alkanes) is 5. The maximum atomic E-state index is 12.3. The Morgan fingerprint density at radius 2 is 1.69 bits per heavy atom. The van der Waals surface area contributed by atoms with Crippen molar-refractivity contribution in [3.8, 4) is 17.1 Å². The molecule has 0 spiro atoms. The van der Waals surface area contributed by atoms with E-state index in [0.717, 1.165) is 30.4 Å². The Bertz CT molecular complexity index is 864. The van der Waals surface area contributed by atoms with Crippen LogP contribution in [0.1, 0.15) is 77.2 Å². The average molecular weight is 439 g/mol. The third-order valence-electron chi connectivity index (χ3n) is 5.85. The van der Waals surface area contributed by atoms with Gasteiger partial charge in [0.05, 0.1) is 5.92 Å². The van der Waals surface area contributed by atoms with Crippen LogP contribution in [0.25, 0.3) is 11.4 Å². The average Bonchev–Trinajstić information content (AvgIpc) is 3.18. The lowest BCUT2D eigenvalue weighted by molar-refractivity contribution is -0.156. The van der Waals surface area contributed by atoms with Gasteiger partial charge in [0.2, 0.25) is 0 Å². The predicted molar refractivity (Wildman–Crippen MR) is 123 cm³/mol. The van der Waals surface area contributed by atoms with E-state index in [-0.39, 0.29) is 11.9 Å². The van der Waals surface area contributed by atoms with Crippen LogP contribution >= 0.6 is 0 Å². The summed E-state index contributed by atoms with van der Waals surface area (Å²) in [5, 5.41) is 0. The number of aryl methyl sites for hydroxylation is 1. The first-order valence-electron chi connectivity index (χ1n) is 11.9. The molecule has 2 heterocycles. The number of esters is 2. The second-order valence-corrected chi connectivity index (χ2v) is 8.52. The third kappa shape index (κ3) is 6.87. The van der Waals surface area contributed by atoms with Crippen LogP contribution in [-0.4, -0.2) is 28.0 Å². The number of hydrogen-bond acceptors (Lipinski definition) is 6. The first kappa shape index (κ1) is 23.9. The Labute approximate surface area is 190 Å². The quantitative estimate of drug-likeness (QED) is 0.241. The monoisotopic (exact) mass is 438 g/mol. The van der Waals surface area contributed by atoms with Crippen LogP contribution in [0.2, 0.25) is 0 Å². The van der Waals surface area contributed by atoms with Gasteiger partial charge in [-0.05, 0) is 49.1 Å². The molecule has 0 saturated carbocycles. The van der Waals surface area contributed by atoms with Gasteiger partial charge in [0, 0.05) is 24.4 Å². The normalized spacial score (nSPS) is 17.9. The lowest BCUT2D eigenvalue weighted by Crippen LogP contribution is -2.25. The molecule has 1 saturated heterocycles. The van der Waals surface area contributed by atoms with Crippen molar-refractivity contribution in [2.45, 2.75) is 84.2 Å². The van der Waals surface area contributed by atoms with Crippen molar-refractivity contribution >= 4 is 11.9 Å². The Balaban J connectivity index is 1.48. The lowest BCUT2D eigenvalue weighted by atomic mass is 10.00. The smallest absolute Gasteiger partial charge is 0.352 e. The standard InChI is InChI=1S/C26H34N2O4/c1-3-5-6-7-8-9-11-19-17-27-24(28-18-19)20-12-14-22(15-13-20)31-26(30)23-16-21(10-4-2)25(29)32-23/h12-15,17-18,21,23H,3-11,16H2,1-2H3/t21?,23-/m0/s1. The molecule has 0 aliphatic carbocycles. The number of aromatic nitrogens is 2. The maximum absolute atomic E-state index is 12.3. The number of benzene rings is 1. The summed E-state index contributed by atoms with van der Waals surface area (Å²) in [6, 6.07) is 7.07. The molecular weight excluding hydrogens is 404 g/mol. The van der Waals surface area contributed by atoms with Crippen molar-refractivity contribution in [3.63, 3.8) is 0 Å². The highest BCUT2D eigenvalue weighted by Gasteiger charge is 2.39. The van der Waals surface area contributed by atoms with Gasteiger partial charge in [0.1, 0.15) is 5.75 Å². The van der Waals surface area contributed by atoms with Crippen molar-refractivity contribution in [1.82, 2.24) is 9.97 Å². The second-order valence-electron chi connectivity index (χ2n) is 8.52. The molecule has 1 fully saturated rings. The van der Waals surface area contributed by atoms with E-state index in [0.29, 0.717) is 18.0 Å². The zero-order chi connectivity index (χ0) is 22.8. The van der Waals surface area contributed by atoms with Crippen molar-refractivity contribution in [2.75, 3.05) is 0 Å². The zero-order valence-electron chi connectivity index (χ0n) is 19.2. The summed E-state index contributed by atoms with van der Waals surface area (Å²) in [5.74, 6) is 0.0116. The maximum Gasteiger partial charge on any atom is 0.352 e. The molecule has 2 atom stereocenters. The van der Waals surface area contributed by atoms with E-state index < -0.39 is 12.1 Å². The minimum absolute atomic E-state index is 0.207. The highest BCUT2D eigenvalue weighted by molar-refractivity contribution is 5.85. The van der Waals surface area contributed by atoms with Gasteiger partial charge in [0.15, 0.2) is 11.9 Å². The molecule has 6 nitrogen and oxygen atoms in total. The Morgan fingerprint density at radius 3 is 2.38 bits per heavy atom. The van der Waals surface area contributed by atoms with E-state index in [9.17, 15) is 9.59 Å². The first-order valence-corrected chi connectivity index (χ1v) is 11.9. The fraction of sp³-hybridized carbons (Fsp3) is 0.538. The summed E-state index contributed by atoms with van der Waals surface area (Å²) in [4.78, 5) is 33.1. The van der Waals surface area contributed by atoms with Gasteiger partial charge >= 0.3 is 11.9 Å². The van der Waals surface area contributed by atoms with Crippen molar-refractivity contribution < 1.29 is 19.1 Å². The van der Waals surface area contributed by atoms with Gasteiger partial charge in [-0.25, -0.2) is 14.8 Å². The highest BCUT2D eigenvalue weighted by atomic mass is 16.6. The van der Waals surface area contributed by atoms with Crippen LogP contribution in [0.15, 0.2) is 36.7 Å². The van der Waals surface area contributed by atoms with Crippen molar-refractivity contribution in [2.24, 2.45) is 5.92 Å². The van der Waals surface area contributed by atoms with E-state index in [1.807, 2.05) is 31.5 Å². The molecule has 172 valence electrons. The molecule has 0 amide bonds. The molecule has 1 unspecified atom stereocenters. The highest BCUT2D eigenvalue weighted by Crippen LogP contribution is 2.27. The molecule has 1 aliphatic rings. The molecule has 32 heavy (non-hydrogen) atoms. The van der Waals surface area contributed by atoms with Crippen LogP contribution in [0.3, 0.4) is 0 Å². The van der Waals surface area contributed by atoms with Gasteiger partial charge in [0.25, 0.3) is 0 Å². The number of nitrogens with zero attached hydrogens (tertiary/aromatic N) is 2. The summed E-state index contributed by atoms with van der Waals surface area (Å²) in [7, 11) is 0. The third-order valence-corrected chi connectivity index (χ3v) is 5.85. The molecule has 1 aromatic heterocycles. The van der Waals surface area contributed by atoms with Crippen molar-refractivity contribution in [3.05, 3.63) is 42.2 Å². The Morgan fingerprint density at radius 1 is 1.00 bits per heavy atom. The van der Waals surface area contributed by atoms with Crippen molar-refractivity contribution in [1.29, 1.82) is 0 Å². The molecular formula is C26H34N2O4. The minimum Gasteiger partial charge on any atom is -0.450 e. The van der Waals surface area contributed by atoms with E-state index in [4.69, 9.17) is 9.47 Å². The van der Waals surface area contributed by atoms with Crippen LogP contribution in [0.4, 0.5) is 0 Å². The van der Waals surface area contributed by atoms with Gasteiger partial charge in [-0.15, -0.1) is 0 Å². The van der Waals surface area contributed by atoms with Gasteiger partial charge < -0.3 is 9.47 Å². The fourth-order valence-electron chi connectivity index (χ4n) is 3.96. The SMILES string of the molecule is CCCCCCCCc1cnc(-c2ccc(OC(=O)[C@@H]3CC(CCC)C(=O)O3)cc2)nc1. The molecule has 0 radical (unpaired) electrons. The molecule has 0 bridgehead atoms. The fourth-order valence-corrected chi connectivity index (χ4v) is 3.96. The summed E-state index contributed by atoms with van der Waals surface area (Å²) in [6.07, 6.45) is 13.6. The lowest BCUT2D eigenvalue weighted by Gasteiger charge is -2.09.